The van der Waals surface area contributed by atoms with E-state index in [9.17, 15) is 35.1 Å². The molecule has 0 radical (unpaired) electrons. The van der Waals surface area contributed by atoms with Crippen LogP contribution in [-0.4, -0.2) is 154 Å². The summed E-state index contributed by atoms with van der Waals surface area (Å²) in [6, 6.07) is -1.29. The Balaban J connectivity index is 2.18. The van der Waals surface area contributed by atoms with E-state index in [1.165, 1.54) is 27.9 Å². The quantitative estimate of drug-likeness (QED) is 0.202. The first-order valence-corrected chi connectivity index (χ1v) is 18.7. The van der Waals surface area contributed by atoms with E-state index in [4.69, 9.17) is 28.4 Å². The second kappa shape index (κ2) is 17.5. The monoisotopic (exact) mass is 748 g/mol. The fraction of sp³-hybridized carbons (Fsp3) is 0.946. The van der Waals surface area contributed by atoms with E-state index in [1.54, 1.807) is 41.5 Å². The normalized spacial score (nSPS) is 49.1. The lowest BCUT2D eigenvalue weighted by atomic mass is 9.77. The summed E-state index contributed by atoms with van der Waals surface area (Å²) >= 11 is 0. The number of nitrogens with zero attached hydrogens (tertiary/aromatic N) is 1. The molecule has 3 aliphatic rings. The molecular formula is C37H68N2O13. The highest BCUT2D eigenvalue weighted by Gasteiger charge is 2.52. The predicted molar refractivity (Wildman–Crippen MR) is 190 cm³/mol. The van der Waals surface area contributed by atoms with Crippen molar-refractivity contribution in [1.82, 2.24) is 10.2 Å². The van der Waals surface area contributed by atoms with Gasteiger partial charge in [-0.1, -0.05) is 20.8 Å². The zero-order valence-corrected chi connectivity index (χ0v) is 33.4. The van der Waals surface area contributed by atoms with Crippen molar-refractivity contribution < 1.29 is 63.5 Å². The van der Waals surface area contributed by atoms with E-state index in [1.807, 2.05) is 25.9 Å². The van der Waals surface area contributed by atoms with Gasteiger partial charge in [-0.3, -0.25) is 9.59 Å². The van der Waals surface area contributed by atoms with Gasteiger partial charge in [0.2, 0.25) is 5.91 Å². The molecule has 0 aliphatic carbocycles. The van der Waals surface area contributed by atoms with Crippen LogP contribution in [0.1, 0.15) is 94.9 Å². The van der Waals surface area contributed by atoms with E-state index >= 15 is 0 Å². The number of rotatable bonds is 7. The molecule has 52 heavy (non-hydrogen) atoms. The Hall–Kier alpha value is -1.50. The van der Waals surface area contributed by atoms with E-state index in [2.05, 4.69) is 5.32 Å². The lowest BCUT2D eigenvalue weighted by Gasteiger charge is -2.48. The van der Waals surface area contributed by atoms with E-state index in [0.29, 0.717) is 6.42 Å². The van der Waals surface area contributed by atoms with Crippen LogP contribution in [0.5, 0.6) is 0 Å². The molecule has 3 heterocycles. The largest absolute Gasteiger partial charge is 0.459 e. The van der Waals surface area contributed by atoms with Crippen LogP contribution in [0.25, 0.3) is 0 Å². The molecule has 0 aromatic rings. The molecule has 3 fully saturated rings. The number of cyclic esters (lactones) is 1. The molecule has 0 unspecified atom stereocenters. The lowest BCUT2D eigenvalue weighted by molar-refractivity contribution is -0.317. The van der Waals surface area contributed by atoms with Gasteiger partial charge in [0.05, 0.1) is 47.6 Å². The number of amides is 1. The Kier molecular flexibility index (Phi) is 15.1. The van der Waals surface area contributed by atoms with Crippen molar-refractivity contribution >= 4 is 11.9 Å². The molecule has 1 amide bonds. The highest BCUT2D eigenvalue weighted by Crippen LogP contribution is 2.40. The number of esters is 1. The summed E-state index contributed by atoms with van der Waals surface area (Å²) in [7, 11) is 5.17. The Bertz CT molecular complexity index is 1190. The number of ether oxygens (including phenoxy) is 6. The maximum Gasteiger partial charge on any atom is 0.311 e. The van der Waals surface area contributed by atoms with Gasteiger partial charge in [-0.15, -0.1) is 0 Å². The number of hydrogen-bond donors (Lipinski definition) is 6. The Morgan fingerprint density at radius 1 is 0.923 bits per heavy atom. The van der Waals surface area contributed by atoms with Crippen molar-refractivity contribution in [2.24, 2.45) is 17.8 Å². The Morgan fingerprint density at radius 2 is 1.54 bits per heavy atom. The standard InChI is InChI=1S/C37H68N2O13/c1-14-25-37(10,46)29(41)22(6)38-32(43)18(2)16-35(8,45)31(52-34-27(40)24(39(11)12)15-19(3)48-34)20(4)28(21(5)33(44)50-25)51-26-17-36(9,47-13)30(42)23(7)49-26/h18-31,34,40-42,45-46H,14-17H2,1-13H3,(H,38,43)/t18-,19-,20-,21-,22-,23+,24+,25-,26+,27-,28+,29-,30+,31-,34+,35-,36-,37-/m1/s1. The first-order valence-electron chi connectivity index (χ1n) is 18.7. The molecule has 15 nitrogen and oxygen atoms in total. The van der Waals surface area contributed by atoms with Crippen LogP contribution in [0, 0.1) is 17.8 Å². The van der Waals surface area contributed by atoms with Crippen molar-refractivity contribution in [2.75, 3.05) is 21.2 Å². The summed E-state index contributed by atoms with van der Waals surface area (Å²) in [5, 5.41) is 60.3. The van der Waals surface area contributed by atoms with Gasteiger partial charge in [-0.25, -0.2) is 0 Å². The molecule has 0 bridgehead atoms. The minimum Gasteiger partial charge on any atom is -0.459 e. The van der Waals surface area contributed by atoms with Gasteiger partial charge in [0.1, 0.15) is 30.0 Å². The molecule has 6 N–H and O–H groups in total. The van der Waals surface area contributed by atoms with Gasteiger partial charge in [-0.2, -0.15) is 0 Å². The number of carbonyl (C=O) groups is 2. The molecule has 15 heteroatoms. The van der Waals surface area contributed by atoms with Gasteiger partial charge in [-0.05, 0) is 81.8 Å². The van der Waals surface area contributed by atoms with Gasteiger partial charge in [0.15, 0.2) is 12.6 Å². The Labute approximate surface area is 309 Å². The summed E-state index contributed by atoms with van der Waals surface area (Å²) in [5.74, 6) is -4.03. The maximum absolute atomic E-state index is 14.1. The van der Waals surface area contributed by atoms with Crippen molar-refractivity contribution in [2.45, 2.75) is 185 Å². The highest BCUT2D eigenvalue weighted by atomic mass is 16.7. The number of aliphatic hydroxyl groups is 5. The topological polar surface area (TPSA) is 206 Å². The smallest absolute Gasteiger partial charge is 0.311 e. The third kappa shape index (κ3) is 9.83. The lowest BCUT2D eigenvalue weighted by Crippen LogP contribution is -2.60. The molecule has 304 valence electrons. The van der Waals surface area contributed by atoms with E-state index in [0.717, 1.165) is 0 Å². The van der Waals surface area contributed by atoms with E-state index in [-0.39, 0.29) is 31.4 Å². The minimum atomic E-state index is -1.97. The summed E-state index contributed by atoms with van der Waals surface area (Å²) in [4.78, 5) is 29.5. The van der Waals surface area contributed by atoms with Crippen molar-refractivity contribution in [3.63, 3.8) is 0 Å². The maximum atomic E-state index is 14.1. The molecule has 3 saturated heterocycles. The third-order valence-electron chi connectivity index (χ3n) is 11.7. The van der Waals surface area contributed by atoms with Crippen molar-refractivity contribution in [3.8, 4) is 0 Å². The van der Waals surface area contributed by atoms with Crippen molar-refractivity contribution in [3.05, 3.63) is 0 Å². The van der Waals surface area contributed by atoms with Gasteiger partial charge in [0, 0.05) is 31.4 Å². The van der Waals surface area contributed by atoms with Crippen LogP contribution < -0.4 is 5.32 Å². The first-order chi connectivity index (χ1) is 23.9. The average Bonchev–Trinajstić information content (AvgIpc) is 3.06. The molecule has 18 atom stereocenters. The summed E-state index contributed by atoms with van der Waals surface area (Å²) in [5.41, 5.74) is -4.82. The fourth-order valence-corrected chi connectivity index (χ4v) is 8.24. The number of methoxy groups -OCH3 is 1. The van der Waals surface area contributed by atoms with Gasteiger partial charge < -0.3 is 64.2 Å². The number of nitrogens with one attached hydrogen (secondary N) is 1. The van der Waals surface area contributed by atoms with Crippen LogP contribution in [-0.2, 0) is 38.0 Å². The fourth-order valence-electron chi connectivity index (χ4n) is 8.24. The van der Waals surface area contributed by atoms with Crippen molar-refractivity contribution in [1.29, 1.82) is 0 Å². The van der Waals surface area contributed by atoms with Crippen LogP contribution in [0.3, 0.4) is 0 Å². The molecular weight excluding hydrogens is 680 g/mol. The minimum absolute atomic E-state index is 0.0853. The highest BCUT2D eigenvalue weighted by molar-refractivity contribution is 5.78. The van der Waals surface area contributed by atoms with E-state index < -0.39 is 108 Å². The SMILES string of the molecule is CC[C@H]1OC(=O)[C@H](C)[C@@H](O[C@H]2C[C@@](C)(OC)[C@@H](O)[C@H](C)O2)[C@@H](C)[C@@H](O[C@@H]2O[C@H](C)C[C@H](N(C)C)[C@H]2O)[C@](C)(O)C[C@@H](C)C(=O)N[C@H](C)[C@@H](O)[C@]1(C)O. The van der Waals surface area contributed by atoms with Crippen LogP contribution in [0.2, 0.25) is 0 Å². The molecule has 0 aromatic carbocycles. The summed E-state index contributed by atoms with van der Waals surface area (Å²) in [6.07, 6.45) is -9.73. The molecule has 0 saturated carbocycles. The average molecular weight is 749 g/mol. The van der Waals surface area contributed by atoms with Crippen LogP contribution in [0.15, 0.2) is 0 Å². The number of hydrogen-bond acceptors (Lipinski definition) is 14. The zero-order chi connectivity index (χ0) is 39.7. The molecule has 3 rings (SSSR count). The number of aliphatic hydroxyl groups excluding tert-OH is 3. The van der Waals surface area contributed by atoms with Gasteiger partial charge in [0.25, 0.3) is 0 Å². The number of carbonyl (C=O) groups excluding carboxylic acids is 2. The summed E-state index contributed by atoms with van der Waals surface area (Å²) < 4.78 is 37.1. The second-order valence-corrected chi connectivity index (χ2v) is 16.6. The number of likely N-dealkylation sites (N-methyl/N-ethyl adjacent to an activating group) is 1. The molecule has 3 aliphatic heterocycles. The second-order valence-electron chi connectivity index (χ2n) is 16.6. The Morgan fingerprint density at radius 3 is 2.10 bits per heavy atom. The predicted octanol–water partition coefficient (Wildman–Crippen LogP) is 1.09. The molecule has 0 aromatic heterocycles. The van der Waals surface area contributed by atoms with Gasteiger partial charge >= 0.3 is 5.97 Å². The first kappa shape index (κ1) is 44.9. The third-order valence-corrected chi connectivity index (χ3v) is 11.7. The summed E-state index contributed by atoms with van der Waals surface area (Å²) in [6.45, 7) is 16.3. The van der Waals surface area contributed by atoms with Crippen LogP contribution >= 0.6 is 0 Å². The zero-order valence-electron chi connectivity index (χ0n) is 33.4. The van der Waals surface area contributed by atoms with Crippen LogP contribution in [0.4, 0.5) is 0 Å². The molecule has 0 spiro atoms.